The molecule has 1 spiro atoms. The van der Waals surface area contributed by atoms with Gasteiger partial charge in [-0.3, -0.25) is 4.79 Å². The molecule has 0 radical (unpaired) electrons. The van der Waals surface area contributed by atoms with E-state index in [9.17, 15) is 4.79 Å². The van der Waals surface area contributed by atoms with Gasteiger partial charge in [-0.15, -0.1) is 5.10 Å². The summed E-state index contributed by atoms with van der Waals surface area (Å²) in [6.45, 7) is 6.82. The molecule has 136 valence electrons. The maximum Gasteiger partial charge on any atom is 0.318 e. The summed E-state index contributed by atoms with van der Waals surface area (Å²) in [5, 5.41) is 8.06. The Balaban J connectivity index is 1.28. The summed E-state index contributed by atoms with van der Waals surface area (Å²) in [6.07, 6.45) is 1.95. The summed E-state index contributed by atoms with van der Waals surface area (Å²) < 4.78 is 17.2. The maximum atomic E-state index is 12.9. The largest absolute Gasteiger partial charge is 0.408 e. The van der Waals surface area contributed by atoms with Crippen molar-refractivity contribution in [1.82, 2.24) is 15.1 Å². The van der Waals surface area contributed by atoms with Gasteiger partial charge in [-0.1, -0.05) is 5.10 Å². The molecule has 4 aliphatic rings. The molecule has 3 aliphatic heterocycles. The number of nitrogens with zero attached hydrogens (tertiary/aromatic N) is 4. The van der Waals surface area contributed by atoms with Crippen LogP contribution >= 0.6 is 0 Å². The molecule has 0 aromatic carbocycles. The summed E-state index contributed by atoms with van der Waals surface area (Å²) in [6, 6.07) is 0.553. The number of rotatable bonds is 2. The maximum absolute atomic E-state index is 12.9. The van der Waals surface area contributed by atoms with E-state index in [2.05, 4.69) is 15.1 Å². The van der Waals surface area contributed by atoms with Gasteiger partial charge in [0.25, 0.3) is 0 Å². The highest BCUT2D eigenvalue weighted by Crippen LogP contribution is 2.51. The lowest BCUT2D eigenvalue weighted by Crippen LogP contribution is -2.61. The monoisotopic (exact) mass is 348 g/mol. The fourth-order valence-electron chi connectivity index (χ4n) is 4.77. The molecule has 2 unspecified atom stereocenters. The summed E-state index contributed by atoms with van der Waals surface area (Å²) in [7, 11) is 0. The molecule has 0 N–H and O–H groups in total. The lowest BCUT2D eigenvalue weighted by atomic mass is 9.90. The van der Waals surface area contributed by atoms with Gasteiger partial charge in [0.1, 0.15) is 5.60 Å². The Morgan fingerprint density at radius 1 is 1.20 bits per heavy atom. The van der Waals surface area contributed by atoms with Gasteiger partial charge in [-0.25, -0.2) is 0 Å². The first-order chi connectivity index (χ1) is 12.2. The number of hydrogen-bond acceptors (Lipinski definition) is 7. The van der Waals surface area contributed by atoms with E-state index >= 15 is 0 Å². The van der Waals surface area contributed by atoms with Crippen molar-refractivity contribution in [3.63, 3.8) is 0 Å². The van der Waals surface area contributed by atoms with Gasteiger partial charge in [0, 0.05) is 25.9 Å². The van der Waals surface area contributed by atoms with Crippen molar-refractivity contribution in [2.75, 3.05) is 50.9 Å². The van der Waals surface area contributed by atoms with E-state index in [1.165, 1.54) is 0 Å². The molecule has 4 fully saturated rings. The molecule has 8 heteroatoms. The number of aryl methyl sites for hydroxylation is 1. The summed E-state index contributed by atoms with van der Waals surface area (Å²) >= 11 is 0. The Kier molecular flexibility index (Phi) is 3.53. The quantitative estimate of drug-likeness (QED) is 0.768. The van der Waals surface area contributed by atoms with Gasteiger partial charge in [-0.2, -0.15) is 0 Å². The second-order valence-electron chi connectivity index (χ2n) is 7.81. The number of carbonyl (C=O) groups excluding carboxylic acids is 1. The van der Waals surface area contributed by atoms with E-state index in [0.717, 1.165) is 32.6 Å². The van der Waals surface area contributed by atoms with Gasteiger partial charge in [-0.05, 0) is 24.7 Å². The van der Waals surface area contributed by atoms with Crippen LogP contribution in [0.25, 0.3) is 0 Å². The normalized spacial score (nSPS) is 37.4. The van der Waals surface area contributed by atoms with Crippen LogP contribution in [-0.2, 0) is 14.3 Å². The van der Waals surface area contributed by atoms with E-state index in [-0.39, 0.29) is 11.5 Å². The number of amides is 1. The summed E-state index contributed by atoms with van der Waals surface area (Å²) in [5.74, 6) is 1.96. The molecule has 0 bridgehead atoms. The number of piperidine rings is 1. The number of morpholine rings is 1. The van der Waals surface area contributed by atoms with Gasteiger partial charge in [0.15, 0.2) is 0 Å². The number of hydrogen-bond donors (Lipinski definition) is 0. The molecular formula is C17H24N4O4. The first-order valence-electron chi connectivity index (χ1n) is 9.21. The van der Waals surface area contributed by atoms with Crippen molar-refractivity contribution >= 4 is 11.9 Å². The van der Waals surface area contributed by atoms with E-state index in [1.54, 1.807) is 6.92 Å². The van der Waals surface area contributed by atoms with Gasteiger partial charge >= 0.3 is 6.01 Å². The molecule has 3 saturated heterocycles. The number of carbonyl (C=O) groups is 1. The Hall–Kier alpha value is -1.67. The third-order valence-corrected chi connectivity index (χ3v) is 6.12. The van der Waals surface area contributed by atoms with Crippen LogP contribution in [0, 0.1) is 24.7 Å². The third kappa shape index (κ3) is 2.62. The fraction of sp³-hybridized carbons (Fsp3) is 0.824. The average Bonchev–Trinajstić information content (AvgIpc) is 2.96. The Morgan fingerprint density at radius 2 is 2.04 bits per heavy atom. The highest BCUT2D eigenvalue weighted by atomic mass is 16.5. The van der Waals surface area contributed by atoms with E-state index in [1.807, 2.05) is 4.90 Å². The van der Waals surface area contributed by atoms with E-state index in [0.29, 0.717) is 55.9 Å². The van der Waals surface area contributed by atoms with Crippen molar-refractivity contribution in [1.29, 1.82) is 0 Å². The summed E-state index contributed by atoms with van der Waals surface area (Å²) in [4.78, 5) is 17.0. The lowest BCUT2D eigenvalue weighted by molar-refractivity contribution is -0.154. The number of aromatic nitrogens is 2. The molecule has 5 rings (SSSR count). The van der Waals surface area contributed by atoms with Crippen molar-refractivity contribution in [3.05, 3.63) is 5.89 Å². The van der Waals surface area contributed by atoms with Crippen LogP contribution in [-0.4, -0.2) is 72.6 Å². The molecule has 1 amide bonds. The molecule has 1 aliphatic carbocycles. The van der Waals surface area contributed by atoms with Crippen LogP contribution in [0.15, 0.2) is 4.42 Å². The van der Waals surface area contributed by atoms with Crippen LogP contribution < -0.4 is 4.90 Å². The van der Waals surface area contributed by atoms with Crippen molar-refractivity contribution in [2.45, 2.75) is 25.4 Å². The molecule has 25 heavy (non-hydrogen) atoms. The number of ether oxygens (including phenoxy) is 2. The zero-order chi connectivity index (χ0) is 17.0. The zero-order valence-electron chi connectivity index (χ0n) is 14.5. The van der Waals surface area contributed by atoms with E-state index < -0.39 is 0 Å². The third-order valence-electron chi connectivity index (χ3n) is 6.12. The second kappa shape index (κ2) is 5.67. The van der Waals surface area contributed by atoms with Gasteiger partial charge < -0.3 is 23.7 Å². The second-order valence-corrected chi connectivity index (χ2v) is 7.81. The first-order valence-corrected chi connectivity index (χ1v) is 9.21. The first kappa shape index (κ1) is 15.6. The standard InChI is InChI=1S/C17H24N4O4/c1-11-18-19-16(25-11)21-4-2-3-17(10-21)9-20(5-6-24-17)15(22)14-12-7-23-8-13(12)14/h12-14H,2-10H2,1H3/t12-,13+,14?,17?. The zero-order valence-corrected chi connectivity index (χ0v) is 14.5. The molecule has 1 aromatic rings. The fourth-order valence-corrected chi connectivity index (χ4v) is 4.77. The summed E-state index contributed by atoms with van der Waals surface area (Å²) in [5.41, 5.74) is -0.324. The van der Waals surface area contributed by atoms with Crippen molar-refractivity contribution in [3.8, 4) is 0 Å². The predicted molar refractivity (Wildman–Crippen MR) is 87.0 cm³/mol. The SMILES string of the molecule is Cc1nnc(N2CCCC3(CN(C(=O)C4[C@H]5COC[C@@H]45)CCO3)C2)o1. The van der Waals surface area contributed by atoms with Crippen molar-refractivity contribution < 1.29 is 18.7 Å². The van der Waals surface area contributed by atoms with Crippen LogP contribution in [0.4, 0.5) is 6.01 Å². The number of fused-ring (bicyclic) bond motifs is 1. The smallest absolute Gasteiger partial charge is 0.318 e. The number of anilines is 1. The van der Waals surface area contributed by atoms with Crippen LogP contribution in [0.1, 0.15) is 18.7 Å². The minimum atomic E-state index is -0.324. The highest BCUT2D eigenvalue weighted by Gasteiger charge is 2.59. The Morgan fingerprint density at radius 3 is 2.80 bits per heavy atom. The lowest BCUT2D eigenvalue weighted by Gasteiger charge is -2.47. The molecule has 1 saturated carbocycles. The Bertz CT molecular complexity index is 665. The minimum Gasteiger partial charge on any atom is -0.408 e. The highest BCUT2D eigenvalue weighted by molar-refractivity contribution is 5.82. The average molecular weight is 348 g/mol. The van der Waals surface area contributed by atoms with Crippen LogP contribution in [0.5, 0.6) is 0 Å². The van der Waals surface area contributed by atoms with Gasteiger partial charge in [0.2, 0.25) is 11.8 Å². The molecule has 4 atom stereocenters. The molecule has 4 heterocycles. The van der Waals surface area contributed by atoms with Gasteiger partial charge in [0.05, 0.1) is 32.9 Å². The van der Waals surface area contributed by atoms with E-state index in [4.69, 9.17) is 13.9 Å². The van der Waals surface area contributed by atoms with Crippen LogP contribution in [0.2, 0.25) is 0 Å². The molecule has 1 aromatic heterocycles. The molecule has 8 nitrogen and oxygen atoms in total. The molecular weight excluding hydrogens is 324 g/mol. The topological polar surface area (TPSA) is 80.9 Å². The predicted octanol–water partition coefficient (Wildman–Crippen LogP) is 0.468. The minimum absolute atomic E-state index is 0.183. The Labute approximate surface area is 146 Å². The van der Waals surface area contributed by atoms with Crippen LogP contribution in [0.3, 0.4) is 0 Å². The van der Waals surface area contributed by atoms with Crippen molar-refractivity contribution in [2.24, 2.45) is 17.8 Å².